The van der Waals surface area contributed by atoms with Crippen molar-refractivity contribution in [1.29, 1.82) is 0 Å². The van der Waals surface area contributed by atoms with E-state index in [0.29, 0.717) is 23.3 Å². The van der Waals surface area contributed by atoms with Crippen molar-refractivity contribution in [2.24, 2.45) is 0 Å². The number of aryl methyl sites for hydroxylation is 1. The largest absolute Gasteiger partial charge is 0.497 e. The normalized spacial score (nSPS) is 11.6. The average Bonchev–Trinajstić information content (AvgIpc) is 2.62. The molecule has 130 valence electrons. The molecular formula is C18H18N2O4S. The summed E-state index contributed by atoms with van der Waals surface area (Å²) in [7, 11) is -2.18. The molecule has 0 aliphatic carbocycles. The lowest BCUT2D eigenvalue weighted by molar-refractivity contribution is 0.414. The molecule has 1 aromatic heterocycles. The van der Waals surface area contributed by atoms with Gasteiger partial charge in [-0.2, -0.15) is 0 Å². The fraction of sp³-hybridized carbons (Fsp3) is 0.222. The van der Waals surface area contributed by atoms with Gasteiger partial charge < -0.3 is 9.30 Å². The minimum atomic E-state index is -3.69. The van der Waals surface area contributed by atoms with Crippen molar-refractivity contribution in [3.8, 4) is 5.75 Å². The molecule has 3 aromatic rings. The summed E-state index contributed by atoms with van der Waals surface area (Å²) in [6, 6.07) is 13.3. The highest BCUT2D eigenvalue weighted by Gasteiger charge is 2.20. The monoisotopic (exact) mass is 358 g/mol. The van der Waals surface area contributed by atoms with Gasteiger partial charge in [0, 0.05) is 6.54 Å². The van der Waals surface area contributed by atoms with E-state index < -0.39 is 15.6 Å². The van der Waals surface area contributed by atoms with Crippen molar-refractivity contribution in [2.75, 3.05) is 7.11 Å². The fourth-order valence-electron chi connectivity index (χ4n) is 2.70. The van der Waals surface area contributed by atoms with E-state index in [0.717, 1.165) is 0 Å². The Morgan fingerprint density at radius 3 is 2.40 bits per heavy atom. The van der Waals surface area contributed by atoms with Crippen molar-refractivity contribution in [3.63, 3.8) is 0 Å². The van der Waals surface area contributed by atoms with E-state index in [-0.39, 0.29) is 16.1 Å². The first-order valence-corrected chi connectivity index (χ1v) is 9.46. The summed E-state index contributed by atoms with van der Waals surface area (Å²) < 4.78 is 31.9. The van der Waals surface area contributed by atoms with E-state index >= 15 is 0 Å². The van der Waals surface area contributed by atoms with Crippen LogP contribution in [0.25, 0.3) is 11.0 Å². The summed E-state index contributed by atoms with van der Waals surface area (Å²) in [5.74, 6) is 0.124. The minimum Gasteiger partial charge on any atom is -0.497 e. The van der Waals surface area contributed by atoms with Gasteiger partial charge in [-0.15, -0.1) is 0 Å². The number of aromatic nitrogens is 2. The second-order valence-electron chi connectivity index (χ2n) is 5.53. The molecule has 1 heterocycles. The smallest absolute Gasteiger partial charge is 0.273 e. The zero-order valence-electron chi connectivity index (χ0n) is 14.0. The third-order valence-electron chi connectivity index (χ3n) is 3.98. The van der Waals surface area contributed by atoms with Crippen LogP contribution in [0.1, 0.15) is 12.6 Å². The lowest BCUT2D eigenvalue weighted by Gasteiger charge is -2.11. The molecule has 0 unspecified atom stereocenters. The Morgan fingerprint density at radius 1 is 1.08 bits per heavy atom. The Balaban J connectivity index is 2.07. The van der Waals surface area contributed by atoms with Crippen LogP contribution in [0.5, 0.6) is 5.75 Å². The second-order valence-corrected chi connectivity index (χ2v) is 7.52. The predicted octanol–water partition coefficient (Wildman–Crippen LogP) is 2.40. The van der Waals surface area contributed by atoms with E-state index in [4.69, 9.17) is 4.74 Å². The molecule has 7 heteroatoms. The highest BCUT2D eigenvalue weighted by Crippen LogP contribution is 2.19. The lowest BCUT2D eigenvalue weighted by atomic mass is 10.3. The number of hydrogen-bond acceptors (Lipinski definition) is 5. The number of sulfone groups is 1. The van der Waals surface area contributed by atoms with Crippen LogP contribution in [0, 0.1) is 0 Å². The Kier molecular flexibility index (Phi) is 4.59. The highest BCUT2D eigenvalue weighted by atomic mass is 32.2. The van der Waals surface area contributed by atoms with E-state index in [1.807, 2.05) is 19.1 Å². The van der Waals surface area contributed by atoms with Crippen LogP contribution >= 0.6 is 0 Å². The van der Waals surface area contributed by atoms with Crippen LogP contribution in [-0.2, 0) is 22.1 Å². The molecule has 0 aliphatic rings. The number of benzene rings is 2. The summed E-state index contributed by atoms with van der Waals surface area (Å²) >= 11 is 0. The minimum absolute atomic E-state index is 0.0244. The molecule has 0 saturated carbocycles. The number of rotatable bonds is 5. The molecule has 0 saturated heterocycles. The fourth-order valence-corrected chi connectivity index (χ4v) is 3.97. The van der Waals surface area contributed by atoms with Gasteiger partial charge in [0.25, 0.3) is 5.56 Å². The van der Waals surface area contributed by atoms with E-state index in [1.165, 1.54) is 19.2 Å². The number of ether oxygens (including phenoxy) is 1. The zero-order valence-corrected chi connectivity index (χ0v) is 14.8. The summed E-state index contributed by atoms with van der Waals surface area (Å²) in [5, 5.41) is 0. The average molecular weight is 358 g/mol. The number of para-hydroxylation sites is 2. The molecule has 0 aliphatic heterocycles. The molecule has 6 nitrogen and oxygen atoms in total. The maximum absolute atomic E-state index is 12.7. The predicted molar refractivity (Wildman–Crippen MR) is 95.6 cm³/mol. The second kappa shape index (κ2) is 6.68. The molecule has 25 heavy (non-hydrogen) atoms. The van der Waals surface area contributed by atoms with Crippen LogP contribution in [0.15, 0.2) is 58.2 Å². The molecule has 0 bridgehead atoms. The van der Waals surface area contributed by atoms with Gasteiger partial charge in [0.15, 0.2) is 9.84 Å². The Labute approximate surface area is 145 Å². The zero-order chi connectivity index (χ0) is 18.0. The quantitative estimate of drug-likeness (QED) is 0.700. The van der Waals surface area contributed by atoms with Gasteiger partial charge in [-0.1, -0.05) is 12.1 Å². The third-order valence-corrected chi connectivity index (χ3v) is 5.63. The lowest BCUT2D eigenvalue weighted by Crippen LogP contribution is -2.27. The summed E-state index contributed by atoms with van der Waals surface area (Å²) in [6.07, 6.45) is 0. The van der Waals surface area contributed by atoms with Crippen molar-refractivity contribution in [2.45, 2.75) is 24.1 Å². The van der Waals surface area contributed by atoms with Crippen LogP contribution in [-0.4, -0.2) is 25.1 Å². The molecule has 0 amide bonds. The molecule has 3 rings (SSSR count). The Morgan fingerprint density at radius 2 is 1.76 bits per heavy atom. The van der Waals surface area contributed by atoms with Gasteiger partial charge in [0.2, 0.25) is 0 Å². The topological polar surface area (TPSA) is 78.3 Å². The van der Waals surface area contributed by atoms with Crippen molar-refractivity contribution in [3.05, 3.63) is 64.6 Å². The van der Waals surface area contributed by atoms with Crippen LogP contribution in [0.2, 0.25) is 0 Å². The van der Waals surface area contributed by atoms with Gasteiger partial charge in [0.1, 0.15) is 17.2 Å². The summed E-state index contributed by atoms with van der Waals surface area (Å²) in [6.45, 7) is 2.28. The van der Waals surface area contributed by atoms with Gasteiger partial charge in [-0.3, -0.25) is 4.79 Å². The van der Waals surface area contributed by atoms with Crippen molar-refractivity contribution in [1.82, 2.24) is 9.55 Å². The summed E-state index contributed by atoms with van der Waals surface area (Å²) in [5.41, 5.74) is 0.944. The van der Waals surface area contributed by atoms with E-state index in [2.05, 4.69) is 4.98 Å². The molecule has 0 atom stereocenters. The molecule has 0 N–H and O–H groups in total. The van der Waals surface area contributed by atoms with E-state index in [9.17, 15) is 13.2 Å². The molecule has 0 radical (unpaired) electrons. The Hall–Kier alpha value is -2.67. The summed E-state index contributed by atoms with van der Waals surface area (Å²) in [4.78, 5) is 17.1. The van der Waals surface area contributed by atoms with Crippen LogP contribution in [0.4, 0.5) is 0 Å². The van der Waals surface area contributed by atoms with Crippen LogP contribution in [0.3, 0.4) is 0 Å². The number of fused-ring (bicyclic) bond motifs is 1. The molecule has 2 aromatic carbocycles. The number of hydrogen-bond donors (Lipinski definition) is 0. The van der Waals surface area contributed by atoms with Crippen molar-refractivity contribution < 1.29 is 13.2 Å². The van der Waals surface area contributed by atoms with Gasteiger partial charge in [0.05, 0.1) is 23.0 Å². The Bertz CT molecular complexity index is 1070. The molecule has 0 spiro atoms. The SMILES string of the molecule is CCn1c(=O)c(CS(=O)(=O)c2ccc(OC)cc2)nc2ccccc21. The number of nitrogens with zero attached hydrogens (tertiary/aromatic N) is 2. The van der Waals surface area contributed by atoms with Gasteiger partial charge in [-0.05, 0) is 43.3 Å². The highest BCUT2D eigenvalue weighted by molar-refractivity contribution is 7.90. The van der Waals surface area contributed by atoms with Crippen molar-refractivity contribution >= 4 is 20.9 Å². The maximum Gasteiger partial charge on any atom is 0.273 e. The first-order chi connectivity index (χ1) is 12.0. The van der Waals surface area contributed by atoms with Gasteiger partial charge in [-0.25, -0.2) is 13.4 Å². The first kappa shape index (κ1) is 17.2. The molecular weight excluding hydrogens is 340 g/mol. The third kappa shape index (κ3) is 3.28. The first-order valence-electron chi connectivity index (χ1n) is 7.81. The molecule has 0 fully saturated rings. The standard InChI is InChI=1S/C18H18N2O4S/c1-3-20-17-7-5-4-6-15(17)19-16(18(20)21)12-25(22,23)14-10-8-13(24-2)9-11-14/h4-11H,3,12H2,1-2H3. The number of methoxy groups -OCH3 is 1. The van der Waals surface area contributed by atoms with Crippen LogP contribution < -0.4 is 10.3 Å². The maximum atomic E-state index is 12.7. The van der Waals surface area contributed by atoms with Gasteiger partial charge >= 0.3 is 0 Å². The van der Waals surface area contributed by atoms with E-state index in [1.54, 1.807) is 28.8 Å².